The first kappa shape index (κ1) is 16.1. The predicted molar refractivity (Wildman–Crippen MR) is 88.6 cm³/mol. The Morgan fingerprint density at radius 1 is 1.29 bits per heavy atom. The second kappa shape index (κ2) is 5.72. The van der Waals surface area contributed by atoms with Gasteiger partial charge in [-0.25, -0.2) is 4.79 Å². The summed E-state index contributed by atoms with van der Waals surface area (Å²) in [6, 6.07) is 7.76. The molecule has 1 aromatic heterocycles. The van der Waals surface area contributed by atoms with Gasteiger partial charge in [0.2, 0.25) is 0 Å². The zero-order valence-corrected chi connectivity index (χ0v) is 13.9. The first-order valence-corrected chi connectivity index (χ1v) is 8.13. The molecule has 1 saturated heterocycles. The smallest absolute Gasteiger partial charge is 0.319 e. The highest BCUT2D eigenvalue weighted by Gasteiger charge is 2.49. The number of hydrogen-bond donors (Lipinski definition) is 1. The number of nitro groups is 1. The summed E-state index contributed by atoms with van der Waals surface area (Å²) in [5.74, 6) is -0.360. The van der Waals surface area contributed by atoms with Gasteiger partial charge in [-0.1, -0.05) is 18.2 Å². The van der Waals surface area contributed by atoms with Crippen LogP contribution in [0.1, 0.15) is 22.9 Å². The summed E-state index contributed by atoms with van der Waals surface area (Å²) in [4.78, 5) is 37.5. The van der Waals surface area contributed by atoms with Crippen molar-refractivity contribution in [1.82, 2.24) is 10.2 Å². The summed E-state index contributed by atoms with van der Waals surface area (Å²) in [6.45, 7) is 3.28. The van der Waals surface area contributed by atoms with E-state index >= 15 is 0 Å². The fourth-order valence-corrected chi connectivity index (χ4v) is 3.61. The molecule has 1 aromatic carbocycles. The van der Waals surface area contributed by atoms with Crippen LogP contribution >= 0.6 is 11.3 Å². The fourth-order valence-electron chi connectivity index (χ4n) is 2.78. The molecule has 1 atom stereocenters. The maximum atomic E-state index is 12.8. The molecule has 24 heavy (non-hydrogen) atoms. The minimum Gasteiger partial charge on any atom is -0.319 e. The van der Waals surface area contributed by atoms with Crippen molar-refractivity contribution >= 4 is 29.0 Å². The van der Waals surface area contributed by atoms with Crippen molar-refractivity contribution in [3.05, 3.63) is 61.8 Å². The highest BCUT2D eigenvalue weighted by Crippen LogP contribution is 2.33. The van der Waals surface area contributed by atoms with Gasteiger partial charge in [0.05, 0.1) is 11.5 Å². The molecule has 124 valence electrons. The third-order valence-electron chi connectivity index (χ3n) is 4.23. The Hall–Kier alpha value is -2.74. The summed E-state index contributed by atoms with van der Waals surface area (Å²) < 4.78 is 0. The van der Waals surface area contributed by atoms with Crippen LogP contribution in [0.3, 0.4) is 0 Å². The number of amides is 3. The van der Waals surface area contributed by atoms with E-state index in [2.05, 4.69) is 5.32 Å². The van der Waals surface area contributed by atoms with Crippen LogP contribution in [-0.2, 0) is 16.9 Å². The zero-order chi connectivity index (χ0) is 17.5. The summed E-state index contributed by atoms with van der Waals surface area (Å²) in [5, 5.41) is 15.6. The second-order valence-electron chi connectivity index (χ2n) is 5.74. The summed E-state index contributed by atoms with van der Waals surface area (Å²) in [5.41, 5.74) is -0.101. The van der Waals surface area contributed by atoms with Crippen LogP contribution in [0.15, 0.2) is 35.7 Å². The van der Waals surface area contributed by atoms with E-state index in [0.29, 0.717) is 11.1 Å². The molecule has 2 aromatic rings. The molecule has 0 saturated carbocycles. The lowest BCUT2D eigenvalue weighted by Gasteiger charge is -2.20. The van der Waals surface area contributed by atoms with Crippen LogP contribution in [0.4, 0.5) is 10.5 Å². The summed E-state index contributed by atoms with van der Waals surface area (Å²) in [7, 11) is 0. The number of urea groups is 1. The Labute approximate surface area is 142 Å². The predicted octanol–water partition coefficient (Wildman–Crippen LogP) is 2.93. The molecule has 3 rings (SSSR count). The number of benzene rings is 1. The minimum atomic E-state index is -1.10. The molecule has 0 unspecified atom stereocenters. The molecule has 1 aliphatic heterocycles. The number of carbonyl (C=O) groups excluding carboxylic acids is 2. The van der Waals surface area contributed by atoms with Crippen molar-refractivity contribution in [1.29, 1.82) is 0 Å². The largest absolute Gasteiger partial charge is 0.325 e. The number of nitrogens with one attached hydrogen (secondary N) is 1. The number of imide groups is 1. The van der Waals surface area contributed by atoms with Crippen molar-refractivity contribution in [3.8, 4) is 0 Å². The van der Waals surface area contributed by atoms with Gasteiger partial charge in [-0.15, -0.1) is 11.3 Å². The van der Waals surface area contributed by atoms with Crippen molar-refractivity contribution in [2.24, 2.45) is 0 Å². The Bertz CT molecular complexity index is 834. The van der Waals surface area contributed by atoms with E-state index in [9.17, 15) is 19.7 Å². The van der Waals surface area contributed by atoms with Gasteiger partial charge < -0.3 is 5.32 Å². The molecule has 0 bridgehead atoms. The maximum absolute atomic E-state index is 12.8. The number of nitro benzene ring substituents is 1. The van der Waals surface area contributed by atoms with Gasteiger partial charge in [-0.2, -0.15) is 0 Å². The number of carbonyl (C=O) groups is 2. The number of hydrogen-bond acceptors (Lipinski definition) is 5. The highest BCUT2D eigenvalue weighted by atomic mass is 32.1. The van der Waals surface area contributed by atoms with Gasteiger partial charge in [0.1, 0.15) is 0 Å². The van der Waals surface area contributed by atoms with Crippen LogP contribution < -0.4 is 5.32 Å². The molecule has 3 amide bonds. The lowest BCUT2D eigenvalue weighted by molar-refractivity contribution is -0.385. The average Bonchev–Trinajstić information content (AvgIpc) is 3.13. The lowest BCUT2D eigenvalue weighted by atomic mass is 10.00. The highest BCUT2D eigenvalue weighted by molar-refractivity contribution is 7.10. The average molecular weight is 345 g/mol. The standard InChI is InChI=1S/C16H15N3O4S/c1-10-11(5-3-6-12(10)19(22)23)9-18-14(20)16(2,17-15(18)21)13-7-4-8-24-13/h3-8H,9H2,1-2H3,(H,17,21)/t16-/m0/s1. The van der Waals surface area contributed by atoms with Gasteiger partial charge in [0.15, 0.2) is 5.54 Å². The first-order valence-electron chi connectivity index (χ1n) is 7.25. The topological polar surface area (TPSA) is 92.6 Å². The molecule has 0 aliphatic carbocycles. The third-order valence-corrected chi connectivity index (χ3v) is 5.32. The molecular formula is C16H15N3O4S. The number of rotatable bonds is 4. The van der Waals surface area contributed by atoms with Gasteiger partial charge in [-0.05, 0) is 30.9 Å². The van der Waals surface area contributed by atoms with Crippen LogP contribution in [0, 0.1) is 17.0 Å². The Morgan fingerprint density at radius 2 is 2.04 bits per heavy atom. The minimum absolute atomic E-state index is 0.000848. The van der Waals surface area contributed by atoms with Crippen LogP contribution in [-0.4, -0.2) is 21.8 Å². The Morgan fingerprint density at radius 3 is 2.67 bits per heavy atom. The van der Waals surface area contributed by atoms with Crippen LogP contribution in [0.5, 0.6) is 0 Å². The van der Waals surface area contributed by atoms with Crippen molar-refractivity contribution in [2.75, 3.05) is 0 Å². The molecule has 0 spiro atoms. The molecule has 8 heteroatoms. The number of nitrogens with zero attached hydrogens (tertiary/aromatic N) is 2. The molecular weight excluding hydrogens is 330 g/mol. The zero-order valence-electron chi connectivity index (χ0n) is 13.1. The van der Waals surface area contributed by atoms with Gasteiger partial charge >= 0.3 is 6.03 Å². The van der Waals surface area contributed by atoms with Gasteiger partial charge in [-0.3, -0.25) is 19.8 Å². The van der Waals surface area contributed by atoms with Crippen LogP contribution in [0.25, 0.3) is 0 Å². The summed E-state index contributed by atoms with van der Waals surface area (Å²) >= 11 is 1.39. The first-order chi connectivity index (χ1) is 11.3. The maximum Gasteiger partial charge on any atom is 0.325 e. The van der Waals surface area contributed by atoms with E-state index < -0.39 is 16.5 Å². The third kappa shape index (κ3) is 2.44. The number of thiophene rings is 1. The SMILES string of the molecule is Cc1c(CN2C(=O)N[C@@](C)(c3cccs3)C2=O)cccc1[N+](=O)[O-]. The van der Waals surface area contributed by atoms with E-state index in [-0.39, 0.29) is 18.1 Å². The normalized spacial score (nSPS) is 20.3. The van der Waals surface area contributed by atoms with Crippen molar-refractivity contribution < 1.29 is 14.5 Å². The Balaban J connectivity index is 1.92. The molecule has 1 N–H and O–H groups in total. The molecule has 0 radical (unpaired) electrons. The monoisotopic (exact) mass is 345 g/mol. The summed E-state index contributed by atoms with van der Waals surface area (Å²) in [6.07, 6.45) is 0. The molecule has 1 fully saturated rings. The van der Waals surface area contributed by atoms with E-state index in [4.69, 9.17) is 0 Å². The van der Waals surface area contributed by atoms with E-state index in [1.807, 2.05) is 11.4 Å². The van der Waals surface area contributed by atoms with Gasteiger partial charge in [0.25, 0.3) is 11.6 Å². The van der Waals surface area contributed by atoms with E-state index in [0.717, 1.165) is 9.78 Å². The molecule has 2 heterocycles. The van der Waals surface area contributed by atoms with E-state index in [1.54, 1.807) is 32.0 Å². The van der Waals surface area contributed by atoms with Crippen molar-refractivity contribution in [2.45, 2.75) is 25.9 Å². The van der Waals surface area contributed by atoms with E-state index in [1.165, 1.54) is 17.4 Å². The molecule has 1 aliphatic rings. The lowest BCUT2D eigenvalue weighted by Crippen LogP contribution is -2.40. The van der Waals surface area contributed by atoms with Crippen LogP contribution in [0.2, 0.25) is 0 Å². The molecule has 7 nitrogen and oxygen atoms in total. The van der Waals surface area contributed by atoms with Crippen molar-refractivity contribution in [3.63, 3.8) is 0 Å². The fraction of sp³-hybridized carbons (Fsp3) is 0.250. The van der Waals surface area contributed by atoms with Gasteiger partial charge in [0, 0.05) is 16.5 Å². The Kier molecular flexibility index (Phi) is 3.84. The second-order valence-corrected chi connectivity index (χ2v) is 6.69. The quantitative estimate of drug-likeness (QED) is 0.524.